The van der Waals surface area contributed by atoms with Crippen LogP contribution in [-0.4, -0.2) is 60.3 Å². The molecule has 6 rings (SSSR count). The van der Waals surface area contributed by atoms with Gasteiger partial charge in [-0.05, 0) is 37.0 Å². The molecule has 1 aromatic heterocycles. The summed E-state index contributed by atoms with van der Waals surface area (Å²) in [6.45, 7) is 4.80. The molecule has 39 heavy (non-hydrogen) atoms. The monoisotopic (exact) mass is 533 g/mol. The Morgan fingerprint density at radius 3 is 2.41 bits per heavy atom. The van der Waals surface area contributed by atoms with Gasteiger partial charge in [0.2, 0.25) is 0 Å². The number of rotatable bonds is 9. The summed E-state index contributed by atoms with van der Waals surface area (Å²) in [6.07, 6.45) is 1.58. The third-order valence-corrected chi connectivity index (χ3v) is 8.27. The molecule has 7 heteroatoms. The standard InChI is InChI=1S/C32H34F3N3O/c1-21-15-26-25-9-5-6-10-29(25)36-31(26)32(38(21)12-11-22-7-3-2-4-8-22)30-27(34)16-24(17-28(30)35)39-14-13-37-19-23(18-33)20-37/h2-10,16-17,21,23,32,36H,11-15,18-20H2,1H3/t21-,32-/m1/s1. The highest BCUT2D eigenvalue weighted by Gasteiger charge is 2.38. The summed E-state index contributed by atoms with van der Waals surface area (Å²) in [5, 5.41) is 1.11. The van der Waals surface area contributed by atoms with Crippen molar-refractivity contribution in [1.82, 2.24) is 14.8 Å². The number of aromatic nitrogens is 1. The van der Waals surface area contributed by atoms with Crippen molar-refractivity contribution >= 4 is 10.9 Å². The molecule has 0 spiro atoms. The predicted octanol–water partition coefficient (Wildman–Crippen LogP) is 6.30. The molecule has 4 aromatic rings. The molecule has 1 saturated heterocycles. The van der Waals surface area contributed by atoms with E-state index in [1.165, 1.54) is 17.7 Å². The van der Waals surface area contributed by atoms with E-state index < -0.39 is 17.7 Å². The molecule has 204 valence electrons. The van der Waals surface area contributed by atoms with Gasteiger partial charge < -0.3 is 9.72 Å². The molecule has 2 aliphatic rings. The number of benzene rings is 3. The first-order valence-corrected chi connectivity index (χ1v) is 13.8. The van der Waals surface area contributed by atoms with Crippen LogP contribution in [0.2, 0.25) is 0 Å². The molecule has 0 bridgehead atoms. The first kappa shape index (κ1) is 26.0. The lowest BCUT2D eigenvalue weighted by Crippen LogP contribution is -2.49. The fourth-order valence-electron chi connectivity index (χ4n) is 6.22. The molecule has 0 saturated carbocycles. The van der Waals surface area contributed by atoms with Crippen molar-refractivity contribution in [2.75, 3.05) is 39.5 Å². The molecular formula is C32H34F3N3O. The van der Waals surface area contributed by atoms with Crippen LogP contribution in [0, 0.1) is 17.6 Å². The highest BCUT2D eigenvalue weighted by molar-refractivity contribution is 5.85. The smallest absolute Gasteiger partial charge is 0.135 e. The molecule has 3 heterocycles. The zero-order valence-corrected chi connectivity index (χ0v) is 22.2. The molecule has 1 fully saturated rings. The minimum absolute atomic E-state index is 0.0447. The van der Waals surface area contributed by atoms with Crippen LogP contribution >= 0.6 is 0 Å². The maximum Gasteiger partial charge on any atom is 0.135 e. The van der Waals surface area contributed by atoms with Gasteiger partial charge in [0.1, 0.15) is 24.0 Å². The third kappa shape index (κ3) is 5.18. The van der Waals surface area contributed by atoms with Crippen LogP contribution in [0.3, 0.4) is 0 Å². The minimum Gasteiger partial charge on any atom is -0.492 e. The summed E-state index contributed by atoms with van der Waals surface area (Å²) >= 11 is 0. The number of H-pyrrole nitrogens is 1. The van der Waals surface area contributed by atoms with Gasteiger partial charge in [-0.1, -0.05) is 48.5 Å². The lowest BCUT2D eigenvalue weighted by atomic mass is 9.87. The van der Waals surface area contributed by atoms with Crippen LogP contribution in [0.5, 0.6) is 5.75 Å². The van der Waals surface area contributed by atoms with Gasteiger partial charge in [-0.25, -0.2) is 8.78 Å². The molecule has 2 atom stereocenters. The van der Waals surface area contributed by atoms with Gasteiger partial charge in [-0.3, -0.25) is 14.2 Å². The molecule has 0 unspecified atom stereocenters. The number of hydrogen-bond acceptors (Lipinski definition) is 3. The van der Waals surface area contributed by atoms with Crippen LogP contribution in [0.4, 0.5) is 13.2 Å². The van der Waals surface area contributed by atoms with E-state index in [-0.39, 0.29) is 29.9 Å². The van der Waals surface area contributed by atoms with E-state index in [0.717, 1.165) is 35.0 Å². The molecular weight excluding hydrogens is 499 g/mol. The Balaban J connectivity index is 1.30. The van der Waals surface area contributed by atoms with Gasteiger partial charge in [-0.15, -0.1) is 0 Å². The molecule has 3 aromatic carbocycles. The van der Waals surface area contributed by atoms with E-state index in [0.29, 0.717) is 32.8 Å². The summed E-state index contributed by atoms with van der Waals surface area (Å²) in [7, 11) is 0. The minimum atomic E-state index is -0.611. The van der Waals surface area contributed by atoms with Gasteiger partial charge in [0.25, 0.3) is 0 Å². The molecule has 0 aliphatic carbocycles. The number of nitrogens with one attached hydrogen (secondary N) is 1. The van der Waals surface area contributed by atoms with E-state index in [9.17, 15) is 4.39 Å². The molecule has 0 radical (unpaired) electrons. The summed E-state index contributed by atoms with van der Waals surface area (Å²) in [4.78, 5) is 7.81. The van der Waals surface area contributed by atoms with Crippen LogP contribution in [0.25, 0.3) is 10.9 Å². The predicted molar refractivity (Wildman–Crippen MR) is 148 cm³/mol. The summed E-state index contributed by atoms with van der Waals surface area (Å²) in [5.41, 5.74) is 4.19. The first-order chi connectivity index (χ1) is 19.0. The maximum atomic E-state index is 15.9. The molecule has 4 nitrogen and oxygen atoms in total. The van der Waals surface area contributed by atoms with E-state index in [4.69, 9.17) is 4.74 Å². The first-order valence-electron chi connectivity index (χ1n) is 13.8. The largest absolute Gasteiger partial charge is 0.492 e. The number of aromatic amines is 1. The van der Waals surface area contributed by atoms with E-state index in [2.05, 4.69) is 39.9 Å². The van der Waals surface area contributed by atoms with E-state index >= 15 is 8.78 Å². The Morgan fingerprint density at radius 1 is 0.949 bits per heavy atom. The van der Waals surface area contributed by atoms with Crippen LogP contribution in [0.15, 0.2) is 66.7 Å². The van der Waals surface area contributed by atoms with Crippen molar-refractivity contribution in [3.05, 3.63) is 101 Å². The van der Waals surface area contributed by atoms with Crippen LogP contribution in [0.1, 0.15) is 35.3 Å². The van der Waals surface area contributed by atoms with E-state index in [1.807, 2.05) is 36.4 Å². The van der Waals surface area contributed by atoms with Crippen LogP contribution < -0.4 is 4.74 Å². The lowest BCUT2D eigenvalue weighted by Gasteiger charge is -2.41. The maximum absolute atomic E-state index is 15.9. The zero-order valence-electron chi connectivity index (χ0n) is 22.2. The van der Waals surface area contributed by atoms with E-state index in [1.54, 1.807) is 0 Å². The highest BCUT2D eigenvalue weighted by Crippen LogP contribution is 2.43. The average molecular weight is 534 g/mol. The Bertz CT molecular complexity index is 1410. The Morgan fingerprint density at radius 2 is 1.67 bits per heavy atom. The van der Waals surface area contributed by atoms with Crippen molar-refractivity contribution < 1.29 is 17.9 Å². The number of nitrogens with zero attached hydrogens (tertiary/aromatic N) is 2. The second-order valence-electron chi connectivity index (χ2n) is 10.9. The van der Waals surface area contributed by atoms with Gasteiger partial charge >= 0.3 is 0 Å². The summed E-state index contributed by atoms with van der Waals surface area (Å²) in [5.74, 6) is -0.955. The fraction of sp³-hybridized carbons (Fsp3) is 0.375. The number of ether oxygens (including phenoxy) is 1. The Kier molecular flexibility index (Phi) is 7.36. The normalized spacial score (nSPS) is 20.2. The molecule has 0 amide bonds. The Hall–Kier alpha value is -3.29. The number of alkyl halides is 1. The Labute approximate surface area is 227 Å². The summed E-state index contributed by atoms with van der Waals surface area (Å²) < 4.78 is 50.1. The fourth-order valence-corrected chi connectivity index (χ4v) is 6.22. The summed E-state index contributed by atoms with van der Waals surface area (Å²) in [6, 6.07) is 20.4. The van der Waals surface area contributed by atoms with Gasteiger partial charge in [0.15, 0.2) is 0 Å². The highest BCUT2D eigenvalue weighted by atomic mass is 19.1. The topological polar surface area (TPSA) is 31.5 Å². The quantitative estimate of drug-likeness (QED) is 0.274. The van der Waals surface area contributed by atoms with Gasteiger partial charge in [-0.2, -0.15) is 0 Å². The van der Waals surface area contributed by atoms with Crippen molar-refractivity contribution in [3.63, 3.8) is 0 Å². The number of para-hydroxylation sites is 1. The lowest BCUT2D eigenvalue weighted by molar-refractivity contribution is 0.0667. The van der Waals surface area contributed by atoms with Crippen molar-refractivity contribution in [2.45, 2.75) is 31.8 Å². The number of likely N-dealkylation sites (tertiary alicyclic amines) is 1. The SMILES string of the molecule is C[C@@H]1Cc2c([nH]c3ccccc23)[C@@H](c2c(F)cc(OCCN3CC(CF)C3)cc2F)N1CCc1ccccc1. The number of hydrogen-bond donors (Lipinski definition) is 1. The second kappa shape index (κ2) is 11.1. The van der Waals surface area contributed by atoms with Gasteiger partial charge in [0, 0.05) is 72.4 Å². The number of fused-ring (bicyclic) bond motifs is 3. The number of halogens is 3. The molecule has 1 N–H and O–H groups in total. The van der Waals surface area contributed by atoms with Crippen molar-refractivity contribution in [3.8, 4) is 5.75 Å². The zero-order chi connectivity index (χ0) is 26.9. The van der Waals surface area contributed by atoms with Crippen molar-refractivity contribution in [1.29, 1.82) is 0 Å². The van der Waals surface area contributed by atoms with Crippen molar-refractivity contribution in [2.24, 2.45) is 5.92 Å². The average Bonchev–Trinajstić information content (AvgIpc) is 3.27. The van der Waals surface area contributed by atoms with Gasteiger partial charge in [0.05, 0.1) is 12.7 Å². The second-order valence-corrected chi connectivity index (χ2v) is 10.9. The molecule has 2 aliphatic heterocycles. The third-order valence-electron chi connectivity index (χ3n) is 8.27. The van der Waals surface area contributed by atoms with Crippen LogP contribution in [-0.2, 0) is 12.8 Å².